The third-order valence-electron chi connectivity index (χ3n) is 5.02. The van der Waals surface area contributed by atoms with E-state index < -0.39 is 10.0 Å². The largest absolute Gasteiger partial charge is 0.352 e. The van der Waals surface area contributed by atoms with Crippen molar-refractivity contribution >= 4 is 15.9 Å². The van der Waals surface area contributed by atoms with Gasteiger partial charge in [-0.1, -0.05) is 26.0 Å². The van der Waals surface area contributed by atoms with Gasteiger partial charge in [0.1, 0.15) is 0 Å². The summed E-state index contributed by atoms with van der Waals surface area (Å²) in [7, 11) is -3.43. The number of hydrogen-bond donors (Lipinski definition) is 2. The maximum atomic E-state index is 12.5. The molecule has 1 heterocycles. The molecule has 146 valence electrons. The zero-order valence-corrected chi connectivity index (χ0v) is 16.8. The molecule has 1 aromatic rings. The van der Waals surface area contributed by atoms with Crippen LogP contribution in [0.4, 0.5) is 0 Å². The third-order valence-corrected chi connectivity index (χ3v) is 7.08. The summed E-state index contributed by atoms with van der Waals surface area (Å²) in [6, 6.07) is 7.36. The van der Waals surface area contributed by atoms with Gasteiger partial charge in [0.05, 0.1) is 4.90 Å². The lowest BCUT2D eigenvalue weighted by atomic mass is 9.99. The van der Waals surface area contributed by atoms with Crippen LogP contribution < -0.4 is 10.6 Å². The minimum Gasteiger partial charge on any atom is -0.352 e. The number of hydrogen-bond acceptors (Lipinski definition) is 4. The van der Waals surface area contributed by atoms with Crippen molar-refractivity contribution in [1.29, 1.82) is 0 Å². The van der Waals surface area contributed by atoms with Gasteiger partial charge in [0.15, 0.2) is 0 Å². The average molecular weight is 382 g/mol. The average Bonchev–Trinajstić information content (AvgIpc) is 2.63. The summed E-state index contributed by atoms with van der Waals surface area (Å²) < 4.78 is 26.4. The molecule has 26 heavy (non-hydrogen) atoms. The highest BCUT2D eigenvalue weighted by molar-refractivity contribution is 7.89. The number of carbonyl (C=O) groups excluding carboxylic acids is 1. The fourth-order valence-electron chi connectivity index (χ4n) is 3.32. The number of sulfonamides is 1. The number of nitrogens with one attached hydrogen (secondary N) is 2. The number of nitrogens with zero attached hydrogens (tertiary/aromatic N) is 1. The Bertz CT molecular complexity index is 684. The molecule has 0 radical (unpaired) electrons. The Morgan fingerprint density at radius 3 is 2.46 bits per heavy atom. The van der Waals surface area contributed by atoms with E-state index in [9.17, 15) is 13.2 Å². The standard InChI is InChI=1S/C19H31N3O3S/c1-4-22(5-2)26(24,25)17-11-8-16(9-12-17)10-13-19(23)21-18-7-6-14-20-15(18)3/h8-9,11-12,15,18,20H,4-7,10,13-14H2,1-3H3,(H,21,23). The van der Waals surface area contributed by atoms with Crippen LogP contribution in [0.15, 0.2) is 29.2 Å². The molecule has 1 aliphatic heterocycles. The predicted octanol–water partition coefficient (Wildman–Crippen LogP) is 1.91. The lowest BCUT2D eigenvalue weighted by Crippen LogP contribution is -2.51. The Balaban J connectivity index is 1.90. The second-order valence-electron chi connectivity index (χ2n) is 6.79. The van der Waals surface area contributed by atoms with E-state index in [-0.39, 0.29) is 11.9 Å². The lowest BCUT2D eigenvalue weighted by molar-refractivity contribution is -0.122. The molecule has 0 bridgehead atoms. The second-order valence-corrected chi connectivity index (χ2v) is 8.73. The zero-order valence-electron chi connectivity index (χ0n) is 16.0. The van der Waals surface area contributed by atoms with E-state index in [1.165, 1.54) is 4.31 Å². The molecule has 0 saturated carbocycles. The number of piperidine rings is 1. The SMILES string of the molecule is CCN(CC)S(=O)(=O)c1ccc(CCC(=O)NC2CCCNC2C)cc1. The number of amides is 1. The van der Waals surface area contributed by atoms with E-state index >= 15 is 0 Å². The zero-order chi connectivity index (χ0) is 19.2. The molecule has 7 heteroatoms. The fourth-order valence-corrected chi connectivity index (χ4v) is 4.78. The summed E-state index contributed by atoms with van der Waals surface area (Å²) in [5, 5.41) is 6.48. The third kappa shape index (κ3) is 5.28. The van der Waals surface area contributed by atoms with E-state index in [0.717, 1.165) is 24.9 Å². The molecular formula is C19H31N3O3S. The van der Waals surface area contributed by atoms with E-state index in [4.69, 9.17) is 0 Å². The molecule has 0 aliphatic carbocycles. The van der Waals surface area contributed by atoms with Crippen LogP contribution in [0.25, 0.3) is 0 Å². The smallest absolute Gasteiger partial charge is 0.243 e. The topological polar surface area (TPSA) is 78.5 Å². The molecule has 1 aliphatic rings. The normalized spacial score (nSPS) is 20.9. The monoisotopic (exact) mass is 381 g/mol. The number of aryl methyl sites for hydroxylation is 1. The van der Waals surface area contributed by atoms with Crippen LogP contribution in [-0.2, 0) is 21.2 Å². The van der Waals surface area contributed by atoms with Gasteiger partial charge >= 0.3 is 0 Å². The molecule has 1 amide bonds. The van der Waals surface area contributed by atoms with Crippen LogP contribution in [0.2, 0.25) is 0 Å². The van der Waals surface area contributed by atoms with Crippen LogP contribution >= 0.6 is 0 Å². The first-order valence-corrected chi connectivity index (χ1v) is 10.9. The maximum Gasteiger partial charge on any atom is 0.243 e. The highest BCUT2D eigenvalue weighted by atomic mass is 32.2. The van der Waals surface area contributed by atoms with E-state index in [1.807, 2.05) is 13.8 Å². The predicted molar refractivity (Wildman–Crippen MR) is 103 cm³/mol. The Labute approximate surface area is 157 Å². The van der Waals surface area contributed by atoms with Crippen LogP contribution in [0.5, 0.6) is 0 Å². The van der Waals surface area contributed by atoms with Crippen molar-refractivity contribution in [1.82, 2.24) is 14.9 Å². The van der Waals surface area contributed by atoms with Crippen LogP contribution in [0.3, 0.4) is 0 Å². The fraction of sp³-hybridized carbons (Fsp3) is 0.632. The molecule has 2 atom stereocenters. The van der Waals surface area contributed by atoms with Gasteiger partial charge in [-0.15, -0.1) is 0 Å². The quantitative estimate of drug-likeness (QED) is 0.721. The Kier molecular flexibility index (Phi) is 7.61. The molecule has 6 nitrogen and oxygen atoms in total. The first kappa shape index (κ1) is 20.9. The van der Waals surface area contributed by atoms with Gasteiger partial charge in [-0.25, -0.2) is 8.42 Å². The Hall–Kier alpha value is -1.44. The molecule has 1 aromatic carbocycles. The van der Waals surface area contributed by atoms with Gasteiger partial charge < -0.3 is 10.6 Å². The van der Waals surface area contributed by atoms with Crippen LogP contribution in [0, 0.1) is 0 Å². The molecule has 1 saturated heterocycles. The van der Waals surface area contributed by atoms with Gasteiger partial charge in [0.2, 0.25) is 15.9 Å². The molecular weight excluding hydrogens is 350 g/mol. The van der Waals surface area contributed by atoms with Crippen molar-refractivity contribution in [3.63, 3.8) is 0 Å². The van der Waals surface area contributed by atoms with Crippen LogP contribution in [0.1, 0.15) is 45.6 Å². The molecule has 2 N–H and O–H groups in total. The lowest BCUT2D eigenvalue weighted by Gasteiger charge is -2.30. The summed E-state index contributed by atoms with van der Waals surface area (Å²) in [6.07, 6.45) is 3.10. The number of benzene rings is 1. The summed E-state index contributed by atoms with van der Waals surface area (Å²) in [5.41, 5.74) is 0.966. The number of carbonyl (C=O) groups is 1. The van der Waals surface area contributed by atoms with Crippen molar-refractivity contribution in [3.05, 3.63) is 29.8 Å². The van der Waals surface area contributed by atoms with Gasteiger partial charge in [0, 0.05) is 31.6 Å². The van der Waals surface area contributed by atoms with Crippen molar-refractivity contribution in [3.8, 4) is 0 Å². The maximum absolute atomic E-state index is 12.5. The first-order valence-electron chi connectivity index (χ1n) is 9.50. The number of rotatable bonds is 8. The molecule has 0 spiro atoms. The minimum atomic E-state index is -3.43. The summed E-state index contributed by atoms with van der Waals surface area (Å²) >= 11 is 0. The summed E-state index contributed by atoms with van der Waals surface area (Å²) in [6.45, 7) is 7.67. The van der Waals surface area contributed by atoms with E-state index in [1.54, 1.807) is 24.3 Å². The molecule has 1 fully saturated rings. The minimum absolute atomic E-state index is 0.0467. The summed E-state index contributed by atoms with van der Waals surface area (Å²) in [5.74, 6) is 0.0467. The van der Waals surface area contributed by atoms with Gasteiger partial charge in [-0.3, -0.25) is 4.79 Å². The molecule has 0 aromatic heterocycles. The van der Waals surface area contributed by atoms with Gasteiger partial charge in [-0.05, 0) is 50.4 Å². The van der Waals surface area contributed by atoms with E-state index in [0.29, 0.717) is 36.9 Å². The molecule has 2 rings (SSSR count). The van der Waals surface area contributed by atoms with Crippen molar-refractivity contribution < 1.29 is 13.2 Å². The Morgan fingerprint density at radius 1 is 1.23 bits per heavy atom. The van der Waals surface area contributed by atoms with Crippen molar-refractivity contribution in [2.45, 2.75) is 63.4 Å². The Morgan fingerprint density at radius 2 is 1.88 bits per heavy atom. The highest BCUT2D eigenvalue weighted by Gasteiger charge is 2.23. The van der Waals surface area contributed by atoms with Gasteiger partial charge in [0.25, 0.3) is 0 Å². The van der Waals surface area contributed by atoms with Crippen molar-refractivity contribution in [2.75, 3.05) is 19.6 Å². The molecule has 2 unspecified atom stereocenters. The van der Waals surface area contributed by atoms with Crippen molar-refractivity contribution in [2.24, 2.45) is 0 Å². The second kappa shape index (κ2) is 9.48. The first-order chi connectivity index (χ1) is 12.4. The van der Waals surface area contributed by atoms with E-state index in [2.05, 4.69) is 17.6 Å². The van der Waals surface area contributed by atoms with Gasteiger partial charge in [-0.2, -0.15) is 4.31 Å². The summed E-state index contributed by atoms with van der Waals surface area (Å²) in [4.78, 5) is 12.5. The highest BCUT2D eigenvalue weighted by Crippen LogP contribution is 2.17. The van der Waals surface area contributed by atoms with Crippen LogP contribution in [-0.4, -0.2) is 50.3 Å².